The minimum Gasteiger partial charge on any atom is -0.367 e. The van der Waals surface area contributed by atoms with Crippen molar-refractivity contribution in [2.24, 2.45) is 0 Å². The van der Waals surface area contributed by atoms with Gasteiger partial charge >= 0.3 is 0 Å². The Hall–Kier alpha value is -3.12. The molecule has 46 heavy (non-hydrogen) atoms. The zero-order chi connectivity index (χ0) is 32.6. The van der Waals surface area contributed by atoms with Crippen molar-refractivity contribution in [1.29, 1.82) is 0 Å². The number of rotatable bonds is 7. The molecule has 4 aromatic rings. The number of benzene rings is 3. The van der Waals surface area contributed by atoms with Gasteiger partial charge in [-0.15, -0.1) is 0 Å². The van der Waals surface area contributed by atoms with E-state index in [1.165, 1.54) is 4.31 Å². The fourth-order valence-electron chi connectivity index (χ4n) is 6.02. The van der Waals surface area contributed by atoms with Crippen LogP contribution in [-0.4, -0.2) is 79.6 Å². The van der Waals surface area contributed by atoms with Crippen LogP contribution in [0.2, 0.25) is 15.1 Å². The normalized spacial score (nSPS) is 16.5. The SMILES string of the molecule is Cc1c(C(=O)Nc2cc(S(=O)(=O)N3CCCCC3)ccc2N2CCN(C)CC2)nn(-c2ccc(Cl)cc2Cl)c1-c1ccc(Cl)cc1. The fraction of sp³-hybridized carbons (Fsp3) is 0.333. The van der Waals surface area contributed by atoms with Crippen LogP contribution in [0.4, 0.5) is 11.4 Å². The average molecular weight is 702 g/mol. The molecule has 0 aliphatic carbocycles. The van der Waals surface area contributed by atoms with Crippen LogP contribution in [0.25, 0.3) is 16.9 Å². The summed E-state index contributed by atoms with van der Waals surface area (Å²) < 4.78 is 30.5. The Bertz CT molecular complexity index is 1870. The van der Waals surface area contributed by atoms with Crippen molar-refractivity contribution in [2.45, 2.75) is 31.1 Å². The number of halogens is 3. The molecule has 1 N–H and O–H groups in total. The second-order valence-electron chi connectivity index (χ2n) is 11.7. The molecule has 2 saturated heterocycles. The zero-order valence-corrected chi connectivity index (χ0v) is 28.7. The Morgan fingerprint density at radius 1 is 0.804 bits per heavy atom. The molecule has 0 unspecified atom stereocenters. The van der Waals surface area contributed by atoms with Crippen LogP contribution >= 0.6 is 34.8 Å². The van der Waals surface area contributed by atoms with Crippen LogP contribution in [0.3, 0.4) is 0 Å². The van der Waals surface area contributed by atoms with Crippen molar-refractivity contribution >= 4 is 62.1 Å². The molecular weight excluding hydrogens is 667 g/mol. The van der Waals surface area contributed by atoms with E-state index in [1.54, 1.807) is 53.2 Å². The lowest BCUT2D eigenvalue weighted by Crippen LogP contribution is -2.44. The smallest absolute Gasteiger partial charge is 0.276 e. The number of piperidine rings is 1. The molecule has 0 spiro atoms. The maximum Gasteiger partial charge on any atom is 0.276 e. The lowest BCUT2D eigenvalue weighted by Gasteiger charge is -2.35. The van der Waals surface area contributed by atoms with Gasteiger partial charge in [0, 0.05) is 60.4 Å². The fourth-order valence-corrected chi connectivity index (χ4v) is 8.18. The van der Waals surface area contributed by atoms with E-state index >= 15 is 0 Å². The van der Waals surface area contributed by atoms with Gasteiger partial charge in [0.1, 0.15) is 0 Å². The van der Waals surface area contributed by atoms with E-state index in [1.807, 2.05) is 19.1 Å². The topological polar surface area (TPSA) is 90.8 Å². The van der Waals surface area contributed by atoms with Gasteiger partial charge in [-0.25, -0.2) is 13.1 Å². The molecule has 13 heteroatoms. The summed E-state index contributed by atoms with van der Waals surface area (Å²) in [4.78, 5) is 18.7. The van der Waals surface area contributed by atoms with Crippen LogP contribution in [-0.2, 0) is 10.0 Å². The third-order valence-corrected chi connectivity index (χ3v) is 11.3. The van der Waals surface area contributed by atoms with Gasteiger partial charge in [0.15, 0.2) is 5.69 Å². The molecule has 0 atom stereocenters. The molecule has 2 aliphatic heterocycles. The molecule has 6 rings (SSSR count). The van der Waals surface area contributed by atoms with E-state index in [-0.39, 0.29) is 10.6 Å². The highest BCUT2D eigenvalue weighted by molar-refractivity contribution is 7.89. The summed E-state index contributed by atoms with van der Waals surface area (Å²) in [6, 6.07) is 17.4. The summed E-state index contributed by atoms with van der Waals surface area (Å²) in [5.41, 5.74) is 3.95. The number of hydrogen-bond acceptors (Lipinski definition) is 6. The van der Waals surface area contributed by atoms with Gasteiger partial charge in [0.2, 0.25) is 10.0 Å². The summed E-state index contributed by atoms with van der Waals surface area (Å²) in [6.45, 7) is 5.96. The maximum atomic E-state index is 14.2. The van der Waals surface area contributed by atoms with Crippen molar-refractivity contribution in [1.82, 2.24) is 19.0 Å². The number of piperazine rings is 1. The number of likely N-dealkylation sites (N-methyl/N-ethyl adjacent to an activating group) is 1. The third-order valence-electron chi connectivity index (χ3n) is 8.61. The summed E-state index contributed by atoms with van der Waals surface area (Å²) in [5, 5.41) is 9.21. The number of amides is 1. The predicted octanol–water partition coefficient (Wildman–Crippen LogP) is 6.99. The monoisotopic (exact) mass is 700 g/mol. The van der Waals surface area contributed by atoms with E-state index in [4.69, 9.17) is 39.9 Å². The number of nitrogens with zero attached hydrogens (tertiary/aromatic N) is 5. The first-order valence-electron chi connectivity index (χ1n) is 15.2. The lowest BCUT2D eigenvalue weighted by molar-refractivity contribution is 0.102. The van der Waals surface area contributed by atoms with Gasteiger partial charge in [-0.05, 0) is 75.3 Å². The quantitative estimate of drug-likeness (QED) is 0.224. The molecule has 0 bridgehead atoms. The summed E-state index contributed by atoms with van der Waals surface area (Å²) in [7, 11) is -1.67. The van der Waals surface area contributed by atoms with E-state index in [9.17, 15) is 13.2 Å². The number of carbonyl (C=O) groups excluding carboxylic acids is 1. The van der Waals surface area contributed by atoms with E-state index in [0.717, 1.165) is 56.7 Å². The molecule has 1 aromatic heterocycles. The molecule has 242 valence electrons. The first kappa shape index (κ1) is 32.8. The molecular formula is C33H35Cl3N6O3S. The van der Waals surface area contributed by atoms with Crippen LogP contribution in [0.1, 0.15) is 35.3 Å². The maximum absolute atomic E-state index is 14.2. The number of anilines is 2. The average Bonchev–Trinajstić information content (AvgIpc) is 3.39. The molecule has 3 aromatic carbocycles. The van der Waals surface area contributed by atoms with Gasteiger partial charge in [-0.3, -0.25) is 4.79 Å². The van der Waals surface area contributed by atoms with Crippen molar-refractivity contribution < 1.29 is 13.2 Å². The Morgan fingerprint density at radius 3 is 2.13 bits per heavy atom. The highest BCUT2D eigenvalue weighted by Gasteiger charge is 2.29. The van der Waals surface area contributed by atoms with Gasteiger partial charge in [0.05, 0.1) is 32.7 Å². The van der Waals surface area contributed by atoms with Gasteiger partial charge in [0.25, 0.3) is 5.91 Å². The van der Waals surface area contributed by atoms with Crippen molar-refractivity contribution in [3.05, 3.63) is 87.0 Å². The van der Waals surface area contributed by atoms with E-state index < -0.39 is 15.9 Å². The number of nitrogens with one attached hydrogen (secondary N) is 1. The van der Waals surface area contributed by atoms with Crippen LogP contribution in [0.15, 0.2) is 65.6 Å². The van der Waals surface area contributed by atoms with Gasteiger partial charge in [-0.2, -0.15) is 9.40 Å². The Morgan fingerprint density at radius 2 is 1.46 bits per heavy atom. The highest BCUT2D eigenvalue weighted by atomic mass is 35.5. The third kappa shape index (κ3) is 6.65. The van der Waals surface area contributed by atoms with Crippen LogP contribution in [0, 0.1) is 6.92 Å². The van der Waals surface area contributed by atoms with Gasteiger partial charge in [-0.1, -0.05) is 53.4 Å². The Kier molecular flexibility index (Phi) is 9.66. The number of carbonyl (C=O) groups is 1. The number of hydrogen-bond donors (Lipinski definition) is 1. The van der Waals surface area contributed by atoms with E-state index in [0.29, 0.717) is 50.8 Å². The molecule has 1 amide bonds. The van der Waals surface area contributed by atoms with Crippen molar-refractivity contribution in [3.8, 4) is 16.9 Å². The molecule has 2 aliphatic rings. The largest absolute Gasteiger partial charge is 0.367 e. The molecule has 0 radical (unpaired) electrons. The molecule has 2 fully saturated rings. The Labute approximate surface area is 284 Å². The standard InChI is InChI=1S/C33H35Cl3N6O3S/c1-22-31(38-42(29-12-10-25(35)20-27(29)36)32(22)23-6-8-24(34)9-7-23)33(43)37-28-21-26(46(44,45)41-14-4-3-5-15-41)11-13-30(28)40-18-16-39(2)17-19-40/h6-13,20-21H,3-5,14-19H2,1-2H3,(H,37,43). The van der Waals surface area contributed by atoms with Gasteiger partial charge < -0.3 is 15.1 Å². The number of sulfonamides is 1. The molecule has 3 heterocycles. The summed E-state index contributed by atoms with van der Waals surface area (Å²) >= 11 is 19.0. The Balaban J connectivity index is 1.43. The minimum atomic E-state index is -3.74. The molecule has 9 nitrogen and oxygen atoms in total. The highest BCUT2D eigenvalue weighted by Crippen LogP contribution is 2.35. The molecule has 0 saturated carbocycles. The van der Waals surface area contributed by atoms with E-state index in [2.05, 4.69) is 22.2 Å². The number of aromatic nitrogens is 2. The summed E-state index contributed by atoms with van der Waals surface area (Å²) in [5.74, 6) is -0.473. The summed E-state index contributed by atoms with van der Waals surface area (Å²) in [6.07, 6.45) is 2.68. The lowest BCUT2D eigenvalue weighted by atomic mass is 10.1. The first-order valence-corrected chi connectivity index (χ1v) is 17.8. The second kappa shape index (κ2) is 13.5. The van der Waals surface area contributed by atoms with Crippen LogP contribution < -0.4 is 10.2 Å². The van der Waals surface area contributed by atoms with Crippen LogP contribution in [0.5, 0.6) is 0 Å². The predicted molar refractivity (Wildman–Crippen MR) is 185 cm³/mol. The van der Waals surface area contributed by atoms with Crippen molar-refractivity contribution in [3.63, 3.8) is 0 Å². The van der Waals surface area contributed by atoms with Crippen molar-refractivity contribution in [2.75, 3.05) is 56.5 Å². The zero-order valence-electron chi connectivity index (χ0n) is 25.6. The minimum absolute atomic E-state index is 0.152. The second-order valence-corrected chi connectivity index (χ2v) is 14.9. The first-order chi connectivity index (χ1) is 22.0.